The second-order valence-corrected chi connectivity index (χ2v) is 7.07. The van der Waals surface area contributed by atoms with Gasteiger partial charge in [0.2, 0.25) is 11.6 Å². The molecule has 1 aromatic heterocycles. The summed E-state index contributed by atoms with van der Waals surface area (Å²) in [4.78, 5) is 8.75. The molecule has 0 atom stereocenters. The Kier molecular flexibility index (Phi) is 6.25. The number of anilines is 2. The molecule has 9 heteroatoms. The lowest BCUT2D eigenvalue weighted by Crippen LogP contribution is -2.13. The van der Waals surface area contributed by atoms with Crippen LogP contribution in [0.1, 0.15) is 24.0 Å². The van der Waals surface area contributed by atoms with Crippen LogP contribution in [0.4, 0.5) is 11.5 Å². The molecule has 1 aliphatic rings. The van der Waals surface area contributed by atoms with Gasteiger partial charge in [0.05, 0.1) is 39.4 Å². The van der Waals surface area contributed by atoms with E-state index in [-0.39, 0.29) is 0 Å². The lowest BCUT2D eigenvalue weighted by atomic mass is 9.89. The minimum atomic E-state index is 0.337. The Balaban J connectivity index is 1.60. The third kappa shape index (κ3) is 4.22. The molecule has 32 heavy (non-hydrogen) atoms. The van der Waals surface area contributed by atoms with Gasteiger partial charge in [0.25, 0.3) is 0 Å². The minimum Gasteiger partial charge on any atom is -0.493 e. The van der Waals surface area contributed by atoms with Crippen molar-refractivity contribution in [1.29, 1.82) is 0 Å². The molecule has 9 nitrogen and oxygen atoms in total. The first kappa shape index (κ1) is 21.2. The second-order valence-electron chi connectivity index (χ2n) is 7.07. The number of nitrogens with one attached hydrogen (secondary N) is 1. The zero-order valence-electron chi connectivity index (χ0n) is 18.1. The van der Waals surface area contributed by atoms with Gasteiger partial charge < -0.3 is 29.5 Å². The van der Waals surface area contributed by atoms with Crippen molar-refractivity contribution in [3.05, 3.63) is 53.9 Å². The van der Waals surface area contributed by atoms with Crippen molar-refractivity contribution >= 4 is 17.2 Å². The van der Waals surface area contributed by atoms with Crippen molar-refractivity contribution in [1.82, 2.24) is 9.97 Å². The lowest BCUT2D eigenvalue weighted by molar-refractivity contribution is 0.317. The van der Waals surface area contributed by atoms with Gasteiger partial charge in [-0.3, -0.25) is 4.98 Å². The Morgan fingerprint density at radius 1 is 0.969 bits per heavy atom. The summed E-state index contributed by atoms with van der Waals surface area (Å²) in [6.45, 7) is 0. The van der Waals surface area contributed by atoms with Crippen LogP contribution in [-0.4, -0.2) is 42.2 Å². The molecular formula is C23H24N4O5. The predicted molar refractivity (Wildman–Crippen MR) is 119 cm³/mol. The lowest BCUT2D eigenvalue weighted by Gasteiger charge is -2.20. The van der Waals surface area contributed by atoms with Gasteiger partial charge in [0.1, 0.15) is 5.75 Å². The Morgan fingerprint density at radius 2 is 1.75 bits per heavy atom. The average molecular weight is 436 g/mol. The summed E-state index contributed by atoms with van der Waals surface area (Å²) < 4.78 is 22.2. The fraction of sp³-hybridized carbons (Fsp3) is 0.261. The summed E-state index contributed by atoms with van der Waals surface area (Å²) >= 11 is 0. The van der Waals surface area contributed by atoms with E-state index in [2.05, 4.69) is 20.4 Å². The van der Waals surface area contributed by atoms with Gasteiger partial charge >= 0.3 is 0 Å². The topological polar surface area (TPSA) is 107 Å². The van der Waals surface area contributed by atoms with Crippen LogP contribution in [-0.2, 0) is 6.42 Å². The fourth-order valence-corrected chi connectivity index (χ4v) is 3.73. The molecule has 4 rings (SSSR count). The number of ether oxygens (including phenoxy) is 4. The van der Waals surface area contributed by atoms with Crippen LogP contribution in [0.25, 0.3) is 0 Å². The molecular weight excluding hydrogens is 412 g/mol. The van der Waals surface area contributed by atoms with Gasteiger partial charge in [-0.15, -0.1) is 0 Å². The van der Waals surface area contributed by atoms with Crippen LogP contribution in [0.15, 0.2) is 47.9 Å². The van der Waals surface area contributed by atoms with Crippen molar-refractivity contribution < 1.29 is 24.2 Å². The smallest absolute Gasteiger partial charge is 0.239 e. The zero-order valence-corrected chi connectivity index (χ0v) is 18.1. The second kappa shape index (κ2) is 9.42. The van der Waals surface area contributed by atoms with E-state index in [1.54, 1.807) is 45.9 Å². The number of hydrogen-bond donors (Lipinski definition) is 2. The number of aromatic nitrogens is 2. The van der Waals surface area contributed by atoms with Gasteiger partial charge in [0, 0.05) is 28.9 Å². The molecule has 1 heterocycles. The van der Waals surface area contributed by atoms with E-state index in [1.165, 1.54) is 0 Å². The Hall–Kier alpha value is -4.01. The molecule has 0 aliphatic heterocycles. The first-order valence-corrected chi connectivity index (χ1v) is 10.1. The molecule has 2 aromatic carbocycles. The number of rotatable bonds is 7. The molecule has 0 radical (unpaired) electrons. The number of benzene rings is 2. The monoisotopic (exact) mass is 436 g/mol. The van der Waals surface area contributed by atoms with Crippen LogP contribution < -0.4 is 24.3 Å². The van der Waals surface area contributed by atoms with Crippen molar-refractivity contribution in [2.45, 2.75) is 19.3 Å². The summed E-state index contributed by atoms with van der Waals surface area (Å²) in [5, 5.41) is 15.9. The van der Waals surface area contributed by atoms with E-state index in [0.29, 0.717) is 46.1 Å². The molecule has 0 saturated heterocycles. The quantitative estimate of drug-likeness (QED) is 0.410. The number of oxime groups is 1. The predicted octanol–water partition coefficient (Wildman–Crippen LogP) is 4.55. The van der Waals surface area contributed by atoms with Crippen LogP contribution >= 0.6 is 0 Å². The SMILES string of the molecule is COc1cc(Nc2cncc(Oc3cccc4c3CCC/C4=N\O)n2)cc(OC)c1OC. The van der Waals surface area contributed by atoms with E-state index in [1.807, 2.05) is 18.2 Å². The standard InChI is InChI=1S/C23H24N4O5/c1-29-19-10-14(11-20(30-2)23(19)31-3)25-21-12-24-13-22(26-21)32-18-9-5-6-15-16(18)7-4-8-17(15)27-28/h5-6,9-13,28H,4,7-8H2,1-3H3,(H,25,26)/b27-17+. The number of hydrogen-bond acceptors (Lipinski definition) is 9. The van der Waals surface area contributed by atoms with Gasteiger partial charge in [-0.1, -0.05) is 17.3 Å². The van der Waals surface area contributed by atoms with Gasteiger partial charge in [0.15, 0.2) is 17.3 Å². The summed E-state index contributed by atoms with van der Waals surface area (Å²) in [7, 11) is 4.67. The highest BCUT2D eigenvalue weighted by atomic mass is 16.5. The normalized spacial score (nSPS) is 13.9. The van der Waals surface area contributed by atoms with Gasteiger partial charge in [-0.05, 0) is 25.3 Å². The van der Waals surface area contributed by atoms with Crippen molar-refractivity contribution in [2.24, 2.45) is 5.16 Å². The van der Waals surface area contributed by atoms with Crippen LogP contribution in [0.2, 0.25) is 0 Å². The average Bonchev–Trinajstić information content (AvgIpc) is 2.83. The van der Waals surface area contributed by atoms with E-state index in [9.17, 15) is 5.21 Å². The fourth-order valence-electron chi connectivity index (χ4n) is 3.73. The minimum absolute atomic E-state index is 0.337. The van der Waals surface area contributed by atoms with E-state index in [0.717, 1.165) is 30.4 Å². The summed E-state index contributed by atoms with van der Waals surface area (Å²) in [5.41, 5.74) is 3.25. The molecule has 0 fully saturated rings. The molecule has 0 spiro atoms. The van der Waals surface area contributed by atoms with Crippen molar-refractivity contribution in [3.8, 4) is 28.9 Å². The molecule has 1 aliphatic carbocycles. The van der Waals surface area contributed by atoms with Gasteiger partial charge in [-0.2, -0.15) is 4.98 Å². The molecule has 2 N–H and O–H groups in total. The van der Waals surface area contributed by atoms with Crippen molar-refractivity contribution in [3.63, 3.8) is 0 Å². The molecule has 0 amide bonds. The Labute approximate surface area is 185 Å². The molecule has 166 valence electrons. The van der Waals surface area contributed by atoms with Crippen LogP contribution in [0.5, 0.6) is 28.9 Å². The Morgan fingerprint density at radius 3 is 2.44 bits per heavy atom. The molecule has 3 aromatic rings. The maximum Gasteiger partial charge on any atom is 0.239 e. The third-order valence-corrected chi connectivity index (χ3v) is 5.17. The highest BCUT2D eigenvalue weighted by Gasteiger charge is 2.20. The zero-order chi connectivity index (χ0) is 22.5. The highest BCUT2D eigenvalue weighted by Crippen LogP contribution is 2.40. The summed E-state index contributed by atoms with van der Waals surface area (Å²) in [6, 6.07) is 9.24. The van der Waals surface area contributed by atoms with E-state index < -0.39 is 0 Å². The highest BCUT2D eigenvalue weighted by molar-refractivity contribution is 6.02. The number of nitrogens with zero attached hydrogens (tertiary/aromatic N) is 3. The van der Waals surface area contributed by atoms with Gasteiger partial charge in [-0.25, -0.2) is 0 Å². The maximum absolute atomic E-state index is 9.29. The summed E-state index contributed by atoms with van der Waals surface area (Å²) in [6.07, 6.45) is 5.60. The first-order valence-electron chi connectivity index (χ1n) is 10.1. The van der Waals surface area contributed by atoms with E-state index in [4.69, 9.17) is 18.9 Å². The Bertz CT molecular complexity index is 1120. The molecule has 0 unspecified atom stereocenters. The number of fused-ring (bicyclic) bond motifs is 1. The van der Waals surface area contributed by atoms with Crippen LogP contribution in [0, 0.1) is 0 Å². The molecule has 0 saturated carbocycles. The first-order chi connectivity index (χ1) is 15.7. The van der Waals surface area contributed by atoms with Crippen molar-refractivity contribution in [2.75, 3.05) is 26.6 Å². The number of methoxy groups -OCH3 is 3. The largest absolute Gasteiger partial charge is 0.493 e. The molecule has 0 bridgehead atoms. The van der Waals surface area contributed by atoms with Crippen LogP contribution in [0.3, 0.4) is 0 Å². The summed E-state index contributed by atoms with van der Waals surface area (Å²) in [5.74, 6) is 3.04. The maximum atomic E-state index is 9.29. The van der Waals surface area contributed by atoms with E-state index >= 15 is 0 Å². The third-order valence-electron chi connectivity index (χ3n) is 5.17.